The van der Waals surface area contributed by atoms with Crippen LogP contribution >= 0.6 is 22.7 Å². The molecule has 0 N–H and O–H groups in total. The first kappa shape index (κ1) is 28.7. The van der Waals surface area contributed by atoms with Crippen molar-refractivity contribution in [2.75, 3.05) is 4.90 Å². The van der Waals surface area contributed by atoms with Crippen LogP contribution in [-0.4, -0.2) is 4.98 Å². The highest BCUT2D eigenvalue weighted by Gasteiger charge is 2.17. The summed E-state index contributed by atoms with van der Waals surface area (Å²) in [6.45, 7) is 0. The molecule has 4 heteroatoms. The van der Waals surface area contributed by atoms with Crippen molar-refractivity contribution in [3.05, 3.63) is 170 Å². The maximum atomic E-state index is 4.51. The van der Waals surface area contributed by atoms with Crippen LogP contribution in [0.1, 0.15) is 0 Å². The van der Waals surface area contributed by atoms with Gasteiger partial charge in [0.2, 0.25) is 0 Å². The molecule has 0 aliphatic heterocycles. The Morgan fingerprint density at radius 1 is 0.353 bits per heavy atom. The van der Waals surface area contributed by atoms with E-state index in [1.807, 2.05) is 34.9 Å². The average molecular weight is 685 g/mol. The van der Waals surface area contributed by atoms with Gasteiger partial charge in [-0.05, 0) is 112 Å². The van der Waals surface area contributed by atoms with Crippen LogP contribution in [0.2, 0.25) is 0 Å². The molecular weight excluding hydrogens is 657 g/mol. The number of nitrogens with zero attached hydrogens (tertiary/aromatic N) is 2. The van der Waals surface area contributed by atoms with Crippen molar-refractivity contribution in [2.24, 2.45) is 0 Å². The van der Waals surface area contributed by atoms with Crippen LogP contribution in [0.3, 0.4) is 0 Å². The Balaban J connectivity index is 1.07. The van der Waals surface area contributed by atoms with E-state index in [4.69, 9.17) is 0 Å². The summed E-state index contributed by atoms with van der Waals surface area (Å²) in [5.74, 6) is 0. The molecule has 2 nitrogen and oxygen atoms in total. The van der Waals surface area contributed by atoms with Crippen molar-refractivity contribution < 1.29 is 0 Å². The normalized spacial score (nSPS) is 11.9. The summed E-state index contributed by atoms with van der Waals surface area (Å²) in [6.07, 6.45) is 1.85. The van der Waals surface area contributed by atoms with Gasteiger partial charge in [0.15, 0.2) is 0 Å². The van der Waals surface area contributed by atoms with Gasteiger partial charge in [-0.2, -0.15) is 0 Å². The van der Waals surface area contributed by atoms with Crippen LogP contribution in [-0.2, 0) is 0 Å². The summed E-state index contributed by atoms with van der Waals surface area (Å²) < 4.78 is 5.22. The first-order valence-electron chi connectivity index (χ1n) is 17.2. The fourth-order valence-electron chi connectivity index (χ4n) is 7.69. The van der Waals surface area contributed by atoms with Gasteiger partial charge >= 0.3 is 0 Å². The molecule has 8 aromatic carbocycles. The van der Waals surface area contributed by atoms with Crippen LogP contribution in [0.15, 0.2) is 170 Å². The van der Waals surface area contributed by atoms with Crippen molar-refractivity contribution in [2.45, 2.75) is 0 Å². The molecule has 11 rings (SSSR count). The zero-order chi connectivity index (χ0) is 33.5. The van der Waals surface area contributed by atoms with Gasteiger partial charge in [-0.1, -0.05) is 84.9 Å². The topological polar surface area (TPSA) is 16.1 Å². The lowest BCUT2D eigenvalue weighted by atomic mass is 10.0. The Bertz CT molecular complexity index is 3000. The lowest BCUT2D eigenvalue weighted by molar-refractivity contribution is 1.30. The van der Waals surface area contributed by atoms with E-state index in [9.17, 15) is 0 Å². The highest BCUT2D eigenvalue weighted by atomic mass is 32.1. The summed E-state index contributed by atoms with van der Waals surface area (Å²) in [5.41, 5.74) is 6.80. The second-order valence-electron chi connectivity index (χ2n) is 13.2. The summed E-state index contributed by atoms with van der Waals surface area (Å²) in [4.78, 5) is 6.93. The van der Waals surface area contributed by atoms with Gasteiger partial charge < -0.3 is 4.90 Å². The minimum atomic E-state index is 1.01. The Morgan fingerprint density at radius 2 is 0.843 bits per heavy atom. The zero-order valence-corrected chi connectivity index (χ0v) is 29.0. The molecule has 0 aliphatic rings. The maximum Gasteiger partial charge on any atom is 0.0702 e. The van der Waals surface area contributed by atoms with Crippen molar-refractivity contribution in [1.29, 1.82) is 0 Å². The number of hydrogen-bond acceptors (Lipinski definition) is 4. The van der Waals surface area contributed by atoms with Gasteiger partial charge in [-0.25, -0.2) is 0 Å². The number of fused-ring (bicyclic) bond motifs is 9. The number of anilines is 3. The molecule has 0 spiro atoms. The van der Waals surface area contributed by atoms with Crippen LogP contribution < -0.4 is 4.90 Å². The molecule has 0 saturated heterocycles. The van der Waals surface area contributed by atoms with Crippen LogP contribution in [0, 0.1) is 0 Å². The Hall–Kier alpha value is -6.07. The van der Waals surface area contributed by atoms with Gasteiger partial charge in [0.1, 0.15) is 0 Å². The van der Waals surface area contributed by atoms with Gasteiger partial charge in [-0.15, -0.1) is 22.7 Å². The zero-order valence-electron chi connectivity index (χ0n) is 27.4. The predicted octanol–water partition coefficient (Wildman–Crippen LogP) is 14.4. The molecule has 3 aromatic heterocycles. The van der Waals surface area contributed by atoms with E-state index < -0.39 is 0 Å². The second-order valence-corrected chi connectivity index (χ2v) is 15.4. The minimum Gasteiger partial charge on any atom is -0.310 e. The van der Waals surface area contributed by atoms with Gasteiger partial charge in [-0.3, -0.25) is 4.98 Å². The third-order valence-electron chi connectivity index (χ3n) is 10.2. The number of aromatic nitrogens is 1. The highest BCUT2D eigenvalue weighted by Crippen LogP contribution is 2.44. The number of rotatable bonds is 4. The van der Waals surface area contributed by atoms with E-state index in [1.165, 1.54) is 73.0 Å². The average Bonchev–Trinajstić information content (AvgIpc) is 3.72. The van der Waals surface area contributed by atoms with E-state index in [0.717, 1.165) is 28.0 Å². The standard InChI is InChI=1S/C47H28N2S2/c1-3-8-32-25-44-41(23-30(32)6-1)39-18-16-37(27-46(39)50-44)49(36-14-11-29(12-15-36)34-13-20-43-35(22-34)10-5-21-48-43)38-17-19-40-42-24-31-7-2-4-9-33(31)26-45(42)51-47(40)28-38/h1-28H. The molecule has 11 aromatic rings. The number of thiophene rings is 2. The van der Waals surface area contributed by atoms with Crippen LogP contribution in [0.25, 0.3) is 83.9 Å². The fraction of sp³-hybridized carbons (Fsp3) is 0. The summed E-state index contributed by atoms with van der Waals surface area (Å²) in [7, 11) is 0. The van der Waals surface area contributed by atoms with Crippen molar-refractivity contribution >= 4 is 113 Å². The SMILES string of the molecule is c1ccc2cc3c(cc2c1)sc1cc(N(c2ccc(-c4ccc5ncccc5c4)cc2)c2ccc4c(c2)sc2cc5ccccc5cc24)ccc13. The first-order valence-corrected chi connectivity index (χ1v) is 18.8. The molecule has 0 atom stereocenters. The molecule has 3 heterocycles. The first-order chi connectivity index (χ1) is 25.2. The van der Waals surface area contributed by atoms with Gasteiger partial charge in [0.25, 0.3) is 0 Å². The largest absolute Gasteiger partial charge is 0.310 e. The monoisotopic (exact) mass is 684 g/mol. The lowest BCUT2D eigenvalue weighted by Gasteiger charge is -2.26. The lowest BCUT2D eigenvalue weighted by Crippen LogP contribution is -2.09. The molecule has 0 unspecified atom stereocenters. The molecule has 0 bridgehead atoms. The molecule has 0 radical (unpaired) electrons. The molecule has 51 heavy (non-hydrogen) atoms. The Morgan fingerprint density at radius 3 is 1.43 bits per heavy atom. The molecule has 0 saturated carbocycles. The minimum absolute atomic E-state index is 1.01. The Kier molecular flexibility index (Phi) is 6.32. The van der Waals surface area contributed by atoms with Crippen LogP contribution in [0.5, 0.6) is 0 Å². The van der Waals surface area contributed by atoms with Crippen molar-refractivity contribution in [3.63, 3.8) is 0 Å². The highest BCUT2D eigenvalue weighted by molar-refractivity contribution is 7.26. The van der Waals surface area contributed by atoms with E-state index in [1.54, 1.807) is 0 Å². The van der Waals surface area contributed by atoms with Crippen molar-refractivity contribution in [1.82, 2.24) is 4.98 Å². The third kappa shape index (κ3) is 4.72. The van der Waals surface area contributed by atoms with Gasteiger partial charge in [0.05, 0.1) is 5.52 Å². The Labute approximate surface area is 302 Å². The summed E-state index contributed by atoms with van der Waals surface area (Å²) in [5, 5.41) is 11.5. The maximum absolute atomic E-state index is 4.51. The molecule has 238 valence electrons. The molecular formula is C47H28N2S2. The summed E-state index contributed by atoms with van der Waals surface area (Å²) in [6, 6.07) is 60.3. The van der Waals surface area contributed by atoms with Crippen LogP contribution in [0.4, 0.5) is 17.1 Å². The van der Waals surface area contributed by atoms with Crippen molar-refractivity contribution in [3.8, 4) is 11.1 Å². The quantitative estimate of drug-likeness (QED) is 0.183. The van der Waals surface area contributed by atoms with Gasteiger partial charge in [0, 0.05) is 69.0 Å². The number of benzene rings is 8. The molecule has 0 fully saturated rings. The van der Waals surface area contributed by atoms with E-state index >= 15 is 0 Å². The van der Waals surface area contributed by atoms with E-state index in [-0.39, 0.29) is 0 Å². The second kappa shape index (κ2) is 11.2. The summed E-state index contributed by atoms with van der Waals surface area (Å²) >= 11 is 3.75. The number of hydrogen-bond donors (Lipinski definition) is 0. The smallest absolute Gasteiger partial charge is 0.0702 e. The molecule has 0 aliphatic carbocycles. The van der Waals surface area contributed by atoms with E-state index in [2.05, 4.69) is 168 Å². The predicted molar refractivity (Wildman–Crippen MR) is 223 cm³/mol. The van der Waals surface area contributed by atoms with E-state index in [0.29, 0.717) is 0 Å². The fourth-order valence-corrected chi connectivity index (χ4v) is 10.0. The number of pyridine rings is 1. The molecule has 0 amide bonds. The third-order valence-corrected chi connectivity index (χ3v) is 12.5.